The molecule has 6 heteroatoms. The van der Waals surface area contributed by atoms with Gasteiger partial charge in [-0.3, -0.25) is 14.6 Å². The van der Waals surface area contributed by atoms with Crippen LogP contribution in [-0.4, -0.2) is 15.5 Å². The van der Waals surface area contributed by atoms with E-state index in [1.807, 2.05) is 72.8 Å². The Hall–Kier alpha value is -4.22. The second-order valence-electron chi connectivity index (χ2n) is 8.75. The highest BCUT2D eigenvalue weighted by Crippen LogP contribution is 2.21. The van der Waals surface area contributed by atoms with Crippen molar-refractivity contribution in [2.24, 2.45) is 0 Å². The average Bonchev–Trinajstić information content (AvgIpc) is 2.89. The zero-order valence-electron chi connectivity index (χ0n) is 19.5. The van der Waals surface area contributed by atoms with Crippen LogP contribution in [0.2, 0.25) is 5.02 Å². The van der Waals surface area contributed by atoms with E-state index < -0.39 is 0 Å². The Kier molecular flexibility index (Phi) is 6.92. The average molecular weight is 494 g/mol. The Bertz CT molecular complexity index is 1590. The zero-order valence-corrected chi connectivity index (χ0v) is 20.3. The van der Waals surface area contributed by atoms with Crippen molar-refractivity contribution in [1.29, 1.82) is 0 Å². The molecular formula is C30H24ClN3O2. The van der Waals surface area contributed by atoms with Crippen LogP contribution < -0.4 is 10.9 Å². The van der Waals surface area contributed by atoms with Crippen molar-refractivity contribution in [3.05, 3.63) is 147 Å². The molecule has 0 fully saturated rings. The molecule has 2 heterocycles. The minimum absolute atomic E-state index is 0.0206. The molecule has 36 heavy (non-hydrogen) atoms. The molecule has 3 aromatic carbocycles. The van der Waals surface area contributed by atoms with Crippen molar-refractivity contribution in [2.45, 2.75) is 19.5 Å². The number of hydrogen-bond donors (Lipinski definition) is 1. The third-order valence-corrected chi connectivity index (χ3v) is 6.30. The molecule has 5 aromatic rings. The number of pyridine rings is 2. The molecule has 1 amide bonds. The number of carbonyl (C=O) groups is 1. The lowest BCUT2D eigenvalue weighted by molar-refractivity contribution is 0.0950. The molecule has 178 valence electrons. The first-order chi connectivity index (χ1) is 17.5. The predicted molar refractivity (Wildman–Crippen MR) is 143 cm³/mol. The molecule has 0 bridgehead atoms. The predicted octanol–water partition coefficient (Wildman–Crippen LogP) is 5.62. The fourth-order valence-corrected chi connectivity index (χ4v) is 4.34. The summed E-state index contributed by atoms with van der Waals surface area (Å²) >= 11 is 6.11. The summed E-state index contributed by atoms with van der Waals surface area (Å²) in [5.41, 5.74) is 4.61. The van der Waals surface area contributed by atoms with Crippen molar-refractivity contribution in [3.63, 3.8) is 0 Å². The first-order valence-corrected chi connectivity index (χ1v) is 12.0. The number of carbonyl (C=O) groups excluding carboxylic acids is 1. The lowest BCUT2D eigenvalue weighted by atomic mass is 10.0. The van der Waals surface area contributed by atoms with Crippen LogP contribution in [0.3, 0.4) is 0 Å². The van der Waals surface area contributed by atoms with E-state index in [4.69, 9.17) is 11.6 Å². The molecule has 0 saturated heterocycles. The Balaban J connectivity index is 1.22. The molecule has 0 saturated carbocycles. The molecule has 2 aromatic heterocycles. The summed E-state index contributed by atoms with van der Waals surface area (Å²) in [7, 11) is 0. The molecule has 5 rings (SSSR count). The fraction of sp³-hybridized carbons (Fsp3) is 0.100. The molecular weight excluding hydrogens is 470 g/mol. The number of rotatable bonds is 7. The van der Waals surface area contributed by atoms with Crippen molar-refractivity contribution >= 4 is 28.3 Å². The number of amides is 1. The summed E-state index contributed by atoms with van der Waals surface area (Å²) in [5, 5.41) is 5.82. The molecule has 0 aliphatic heterocycles. The third-order valence-electron chi connectivity index (χ3n) is 6.06. The van der Waals surface area contributed by atoms with Crippen LogP contribution in [-0.2, 0) is 19.5 Å². The lowest BCUT2D eigenvalue weighted by Crippen LogP contribution is -2.23. The molecule has 0 aliphatic carbocycles. The summed E-state index contributed by atoms with van der Waals surface area (Å²) < 4.78 is 1.67. The van der Waals surface area contributed by atoms with E-state index in [-0.39, 0.29) is 11.5 Å². The smallest absolute Gasteiger partial charge is 0.253 e. The Morgan fingerprint density at radius 2 is 1.58 bits per heavy atom. The number of nitrogens with zero attached hydrogens (tertiary/aromatic N) is 2. The second kappa shape index (κ2) is 10.6. The van der Waals surface area contributed by atoms with Crippen molar-refractivity contribution in [2.75, 3.05) is 0 Å². The minimum Gasteiger partial charge on any atom is -0.348 e. The Morgan fingerprint density at radius 1 is 0.806 bits per heavy atom. The summed E-state index contributed by atoms with van der Waals surface area (Å²) in [6, 6.07) is 27.0. The first kappa shape index (κ1) is 23.5. The van der Waals surface area contributed by atoms with Crippen LogP contribution >= 0.6 is 11.6 Å². The largest absolute Gasteiger partial charge is 0.348 e. The lowest BCUT2D eigenvalue weighted by Gasteiger charge is -2.09. The van der Waals surface area contributed by atoms with Crippen molar-refractivity contribution in [1.82, 2.24) is 14.9 Å². The Morgan fingerprint density at radius 3 is 2.42 bits per heavy atom. The zero-order chi connectivity index (χ0) is 24.9. The highest BCUT2D eigenvalue weighted by atomic mass is 35.5. The minimum atomic E-state index is -0.167. The molecule has 0 unspecified atom stereocenters. The van der Waals surface area contributed by atoms with Crippen LogP contribution in [0, 0.1) is 0 Å². The number of hydrogen-bond acceptors (Lipinski definition) is 3. The molecule has 5 nitrogen and oxygen atoms in total. The Labute approximate surface area is 214 Å². The summed E-state index contributed by atoms with van der Waals surface area (Å²) in [5.74, 6) is -0.167. The SMILES string of the molecule is O=C(NCc1ccc2ccc(Cl)cc2c1)c1cncc(Cc2ccc(Cn3ccccc3=O)cc2)c1. The quantitative estimate of drug-likeness (QED) is 0.320. The number of fused-ring (bicyclic) bond motifs is 1. The van der Waals surface area contributed by atoms with Gasteiger partial charge in [0.2, 0.25) is 0 Å². The number of halogens is 1. The topological polar surface area (TPSA) is 64.0 Å². The van der Waals surface area contributed by atoms with Gasteiger partial charge in [0.05, 0.1) is 12.1 Å². The van der Waals surface area contributed by atoms with E-state index in [1.165, 1.54) is 0 Å². The summed E-state index contributed by atoms with van der Waals surface area (Å²) in [6.07, 6.45) is 5.81. The maximum absolute atomic E-state index is 12.8. The van der Waals surface area contributed by atoms with E-state index in [0.29, 0.717) is 30.1 Å². The van der Waals surface area contributed by atoms with E-state index >= 15 is 0 Å². The standard InChI is InChI=1S/C30H24ClN3O2/c31-28-11-10-25-9-8-23(14-26(25)16-28)18-33-30(36)27-15-24(17-32-19-27)13-21-4-6-22(7-5-21)20-34-12-2-1-3-29(34)35/h1-12,14-17,19H,13,18,20H2,(H,33,36). The van der Waals surface area contributed by atoms with Gasteiger partial charge in [0, 0.05) is 36.2 Å². The van der Waals surface area contributed by atoms with Crippen LogP contribution in [0.5, 0.6) is 0 Å². The normalized spacial score (nSPS) is 10.9. The van der Waals surface area contributed by atoms with Crippen LogP contribution in [0.4, 0.5) is 0 Å². The van der Waals surface area contributed by atoms with Gasteiger partial charge in [-0.25, -0.2) is 0 Å². The highest BCUT2D eigenvalue weighted by molar-refractivity contribution is 6.31. The van der Waals surface area contributed by atoms with Gasteiger partial charge in [-0.1, -0.05) is 60.1 Å². The van der Waals surface area contributed by atoms with E-state index in [0.717, 1.165) is 33.0 Å². The monoisotopic (exact) mass is 493 g/mol. The van der Waals surface area contributed by atoms with E-state index in [1.54, 1.807) is 35.3 Å². The van der Waals surface area contributed by atoms with Gasteiger partial charge in [-0.15, -0.1) is 0 Å². The van der Waals surface area contributed by atoms with Crippen molar-refractivity contribution in [3.8, 4) is 0 Å². The maximum atomic E-state index is 12.8. The van der Waals surface area contributed by atoms with Gasteiger partial charge in [-0.2, -0.15) is 0 Å². The van der Waals surface area contributed by atoms with Gasteiger partial charge < -0.3 is 9.88 Å². The number of benzene rings is 3. The first-order valence-electron chi connectivity index (χ1n) is 11.7. The third kappa shape index (κ3) is 5.70. The van der Waals surface area contributed by atoms with Crippen LogP contribution in [0.15, 0.2) is 108 Å². The van der Waals surface area contributed by atoms with Gasteiger partial charge in [0.1, 0.15) is 0 Å². The van der Waals surface area contributed by atoms with E-state index in [9.17, 15) is 9.59 Å². The van der Waals surface area contributed by atoms with Crippen molar-refractivity contribution < 1.29 is 4.79 Å². The fourth-order valence-electron chi connectivity index (χ4n) is 4.16. The van der Waals surface area contributed by atoms with E-state index in [2.05, 4.69) is 10.3 Å². The van der Waals surface area contributed by atoms with Gasteiger partial charge >= 0.3 is 0 Å². The summed E-state index contributed by atoms with van der Waals surface area (Å²) in [6.45, 7) is 0.943. The molecule has 0 atom stereocenters. The molecule has 0 radical (unpaired) electrons. The van der Waals surface area contributed by atoms with Crippen LogP contribution in [0.1, 0.15) is 32.6 Å². The molecule has 0 spiro atoms. The van der Waals surface area contributed by atoms with Crippen LogP contribution in [0.25, 0.3) is 10.8 Å². The van der Waals surface area contributed by atoms with Gasteiger partial charge in [0.15, 0.2) is 0 Å². The highest BCUT2D eigenvalue weighted by Gasteiger charge is 2.08. The summed E-state index contributed by atoms with van der Waals surface area (Å²) in [4.78, 5) is 29.0. The molecule has 1 N–H and O–H groups in total. The second-order valence-corrected chi connectivity index (χ2v) is 9.19. The molecule has 0 aliphatic rings. The van der Waals surface area contributed by atoms with Gasteiger partial charge in [-0.05, 0) is 69.8 Å². The van der Waals surface area contributed by atoms with Gasteiger partial charge in [0.25, 0.3) is 11.5 Å². The maximum Gasteiger partial charge on any atom is 0.253 e. The number of nitrogens with one attached hydrogen (secondary N) is 1. The number of aromatic nitrogens is 2.